The van der Waals surface area contributed by atoms with Crippen LogP contribution in [0.2, 0.25) is 5.02 Å². The SMILES string of the molecule is CC(=O)N(CCC(=O)Nc1ccccc1Cl)CCc1ccc(F)cc1. The molecule has 0 fully saturated rings. The Hall–Kier alpha value is -2.40. The number of anilines is 1. The first kappa shape index (κ1) is 18.9. The van der Waals surface area contributed by atoms with E-state index in [1.54, 1.807) is 41.3 Å². The lowest BCUT2D eigenvalue weighted by Gasteiger charge is -2.21. The molecule has 2 aromatic rings. The molecule has 4 nitrogen and oxygen atoms in total. The molecular weight excluding hydrogens is 343 g/mol. The van der Waals surface area contributed by atoms with Gasteiger partial charge < -0.3 is 10.2 Å². The predicted octanol–water partition coefficient (Wildman–Crippen LogP) is 3.90. The number of amides is 2. The molecule has 25 heavy (non-hydrogen) atoms. The zero-order chi connectivity index (χ0) is 18.2. The molecule has 0 bridgehead atoms. The minimum atomic E-state index is -0.289. The van der Waals surface area contributed by atoms with Crippen LogP contribution < -0.4 is 5.32 Å². The molecule has 0 aliphatic carbocycles. The number of halogens is 2. The molecule has 0 unspecified atom stereocenters. The van der Waals surface area contributed by atoms with Crippen LogP contribution in [0, 0.1) is 5.82 Å². The van der Waals surface area contributed by atoms with E-state index >= 15 is 0 Å². The second-order valence-corrected chi connectivity index (χ2v) is 6.07. The van der Waals surface area contributed by atoms with Crippen molar-refractivity contribution in [1.29, 1.82) is 0 Å². The van der Waals surface area contributed by atoms with Crippen molar-refractivity contribution < 1.29 is 14.0 Å². The molecule has 0 aliphatic heterocycles. The van der Waals surface area contributed by atoms with Crippen LogP contribution in [-0.2, 0) is 16.0 Å². The highest BCUT2D eigenvalue weighted by molar-refractivity contribution is 6.33. The second kappa shape index (κ2) is 9.18. The minimum Gasteiger partial charge on any atom is -0.342 e. The number of nitrogens with one attached hydrogen (secondary N) is 1. The smallest absolute Gasteiger partial charge is 0.226 e. The van der Waals surface area contributed by atoms with Crippen LogP contribution in [0.3, 0.4) is 0 Å². The van der Waals surface area contributed by atoms with Crippen LogP contribution in [0.25, 0.3) is 0 Å². The van der Waals surface area contributed by atoms with Gasteiger partial charge in [0, 0.05) is 26.4 Å². The zero-order valence-corrected chi connectivity index (χ0v) is 14.7. The van der Waals surface area contributed by atoms with Crippen LogP contribution in [0.1, 0.15) is 18.9 Å². The first-order valence-corrected chi connectivity index (χ1v) is 8.38. The van der Waals surface area contributed by atoms with E-state index in [-0.39, 0.29) is 24.1 Å². The van der Waals surface area contributed by atoms with Gasteiger partial charge in [0.15, 0.2) is 0 Å². The molecule has 1 N–H and O–H groups in total. The molecule has 6 heteroatoms. The minimum absolute atomic E-state index is 0.104. The Morgan fingerprint density at radius 3 is 2.40 bits per heavy atom. The zero-order valence-electron chi connectivity index (χ0n) is 14.0. The van der Waals surface area contributed by atoms with E-state index in [1.165, 1.54) is 19.1 Å². The Bertz CT molecular complexity index is 734. The highest BCUT2D eigenvalue weighted by Crippen LogP contribution is 2.20. The van der Waals surface area contributed by atoms with Gasteiger partial charge in [0.2, 0.25) is 11.8 Å². The quantitative estimate of drug-likeness (QED) is 0.812. The van der Waals surface area contributed by atoms with Crippen LogP contribution >= 0.6 is 11.6 Å². The topological polar surface area (TPSA) is 49.4 Å². The Kier molecular flexibility index (Phi) is 6.95. The molecule has 0 aromatic heterocycles. The van der Waals surface area contributed by atoms with Crippen molar-refractivity contribution in [2.45, 2.75) is 19.8 Å². The summed E-state index contributed by atoms with van der Waals surface area (Å²) in [4.78, 5) is 25.4. The van der Waals surface area contributed by atoms with Crippen LogP contribution in [0.15, 0.2) is 48.5 Å². The largest absolute Gasteiger partial charge is 0.342 e. The fourth-order valence-corrected chi connectivity index (χ4v) is 2.54. The van der Waals surface area contributed by atoms with Crippen molar-refractivity contribution in [3.63, 3.8) is 0 Å². The van der Waals surface area contributed by atoms with Gasteiger partial charge in [0.25, 0.3) is 0 Å². The van der Waals surface area contributed by atoms with Gasteiger partial charge in [-0.05, 0) is 36.2 Å². The third-order valence-electron chi connectivity index (χ3n) is 3.79. The second-order valence-electron chi connectivity index (χ2n) is 5.66. The van der Waals surface area contributed by atoms with Gasteiger partial charge in [-0.25, -0.2) is 4.39 Å². The molecule has 0 aliphatic rings. The Morgan fingerprint density at radius 1 is 1.08 bits per heavy atom. The Balaban J connectivity index is 1.84. The average molecular weight is 363 g/mol. The lowest BCUT2D eigenvalue weighted by molar-refractivity contribution is -0.129. The molecule has 132 valence electrons. The first-order chi connectivity index (χ1) is 12.0. The van der Waals surface area contributed by atoms with Gasteiger partial charge in [-0.1, -0.05) is 35.9 Å². The van der Waals surface area contributed by atoms with E-state index in [2.05, 4.69) is 5.32 Å². The van der Waals surface area contributed by atoms with Gasteiger partial charge in [0.05, 0.1) is 10.7 Å². The summed E-state index contributed by atoms with van der Waals surface area (Å²) in [6.45, 7) is 2.25. The van der Waals surface area contributed by atoms with E-state index in [9.17, 15) is 14.0 Å². The molecule has 0 atom stereocenters. The average Bonchev–Trinajstić information content (AvgIpc) is 2.58. The number of para-hydroxylation sites is 1. The number of nitrogens with zero attached hydrogens (tertiary/aromatic N) is 1. The fourth-order valence-electron chi connectivity index (χ4n) is 2.35. The van der Waals surface area contributed by atoms with Crippen molar-refractivity contribution in [3.05, 3.63) is 64.9 Å². The van der Waals surface area contributed by atoms with E-state index in [4.69, 9.17) is 11.6 Å². The third kappa shape index (κ3) is 6.19. The summed E-state index contributed by atoms with van der Waals surface area (Å²) in [5.74, 6) is -0.600. The molecule has 2 aromatic carbocycles. The van der Waals surface area contributed by atoms with Crippen LogP contribution in [0.5, 0.6) is 0 Å². The summed E-state index contributed by atoms with van der Waals surface area (Å²) in [6.07, 6.45) is 0.778. The maximum absolute atomic E-state index is 12.9. The summed E-state index contributed by atoms with van der Waals surface area (Å²) >= 11 is 6.00. The first-order valence-electron chi connectivity index (χ1n) is 8.00. The molecule has 0 saturated heterocycles. The lowest BCUT2D eigenvalue weighted by atomic mass is 10.1. The van der Waals surface area contributed by atoms with Gasteiger partial charge >= 0.3 is 0 Å². The normalized spacial score (nSPS) is 10.4. The molecule has 0 spiro atoms. The van der Waals surface area contributed by atoms with E-state index < -0.39 is 0 Å². The predicted molar refractivity (Wildman–Crippen MR) is 97.1 cm³/mol. The summed E-state index contributed by atoms with van der Waals surface area (Å²) < 4.78 is 12.9. The molecule has 0 radical (unpaired) electrons. The van der Waals surface area contributed by atoms with Crippen molar-refractivity contribution in [1.82, 2.24) is 4.90 Å². The van der Waals surface area contributed by atoms with Crippen molar-refractivity contribution in [3.8, 4) is 0 Å². The van der Waals surface area contributed by atoms with E-state index in [1.807, 2.05) is 0 Å². The number of benzene rings is 2. The summed E-state index contributed by atoms with van der Waals surface area (Å²) in [5, 5.41) is 3.20. The fraction of sp³-hybridized carbons (Fsp3) is 0.263. The highest BCUT2D eigenvalue weighted by Gasteiger charge is 2.12. The summed E-state index contributed by atoms with van der Waals surface area (Å²) in [7, 11) is 0. The number of carbonyl (C=O) groups is 2. The number of carbonyl (C=O) groups excluding carboxylic acids is 2. The molecular formula is C19H20ClFN2O2. The highest BCUT2D eigenvalue weighted by atomic mass is 35.5. The lowest BCUT2D eigenvalue weighted by Crippen LogP contribution is -2.33. The molecule has 2 rings (SSSR count). The van der Waals surface area contributed by atoms with Crippen LogP contribution in [-0.4, -0.2) is 29.8 Å². The maximum atomic E-state index is 12.9. The van der Waals surface area contributed by atoms with E-state index in [0.717, 1.165) is 5.56 Å². The Labute approximate surface area is 151 Å². The third-order valence-corrected chi connectivity index (χ3v) is 4.12. The molecule has 2 amide bonds. The number of hydrogen-bond donors (Lipinski definition) is 1. The summed E-state index contributed by atoms with van der Waals surface area (Å²) in [6, 6.07) is 13.2. The van der Waals surface area contributed by atoms with Crippen molar-refractivity contribution in [2.24, 2.45) is 0 Å². The van der Waals surface area contributed by atoms with Gasteiger partial charge in [-0.15, -0.1) is 0 Å². The van der Waals surface area contributed by atoms with Gasteiger partial charge in [0.1, 0.15) is 5.82 Å². The maximum Gasteiger partial charge on any atom is 0.226 e. The van der Waals surface area contributed by atoms with Gasteiger partial charge in [-0.2, -0.15) is 0 Å². The molecule has 0 heterocycles. The molecule has 0 saturated carbocycles. The van der Waals surface area contributed by atoms with Gasteiger partial charge in [-0.3, -0.25) is 9.59 Å². The monoisotopic (exact) mass is 362 g/mol. The number of rotatable bonds is 7. The van der Waals surface area contributed by atoms with E-state index in [0.29, 0.717) is 30.2 Å². The van der Waals surface area contributed by atoms with Crippen LogP contribution in [0.4, 0.5) is 10.1 Å². The van der Waals surface area contributed by atoms with Crippen molar-refractivity contribution in [2.75, 3.05) is 18.4 Å². The summed E-state index contributed by atoms with van der Waals surface area (Å²) in [5.41, 5.74) is 1.49. The Morgan fingerprint density at radius 2 is 1.76 bits per heavy atom. The van der Waals surface area contributed by atoms with Crippen molar-refractivity contribution >= 4 is 29.1 Å². The standard InChI is InChI=1S/C19H20ClFN2O2/c1-14(24)23(12-10-15-6-8-16(21)9-7-15)13-11-19(25)22-18-5-3-2-4-17(18)20/h2-9H,10-13H2,1H3,(H,22,25). The number of hydrogen-bond acceptors (Lipinski definition) is 2.